The first-order chi connectivity index (χ1) is 15.3. The number of nitrogens with zero attached hydrogens (tertiary/aromatic N) is 3. The number of aryl methyl sites for hydroxylation is 1. The van der Waals surface area contributed by atoms with Gasteiger partial charge in [0.2, 0.25) is 0 Å². The maximum absolute atomic E-state index is 15.0. The molecule has 8 nitrogen and oxygen atoms in total. The molecule has 1 aliphatic heterocycles. The first-order valence-electron chi connectivity index (χ1n) is 9.52. The van der Waals surface area contributed by atoms with E-state index in [1.54, 1.807) is 23.4 Å². The van der Waals surface area contributed by atoms with Crippen molar-refractivity contribution < 1.29 is 18.7 Å². The van der Waals surface area contributed by atoms with Crippen LogP contribution in [0.2, 0.25) is 10.0 Å². The monoisotopic (exact) mass is 517 g/mol. The molecule has 1 amide bonds. The number of carbonyl (C=O) groups excluding carboxylic acids is 2. The number of esters is 1. The van der Waals surface area contributed by atoms with E-state index in [1.807, 2.05) is 0 Å². The number of nitrogens with one attached hydrogen (secondary N) is 2. The van der Waals surface area contributed by atoms with E-state index in [-0.39, 0.29) is 22.3 Å². The van der Waals surface area contributed by atoms with Gasteiger partial charge in [0.05, 0.1) is 29.7 Å². The van der Waals surface area contributed by atoms with Crippen molar-refractivity contribution in [1.29, 1.82) is 0 Å². The lowest BCUT2D eigenvalue weighted by Crippen LogP contribution is -2.52. The molecule has 0 spiro atoms. The SMILES string of the molecule is COC(=O)c1sc(N2CC[C@@H](NC(=O)c3[nH]c(C)c(Cl)c3Cl)[C@@H](F)C2)nc1-c1nccs1. The summed E-state index contributed by atoms with van der Waals surface area (Å²) in [4.78, 5) is 38.4. The number of piperidine rings is 1. The minimum Gasteiger partial charge on any atom is -0.465 e. The Balaban J connectivity index is 1.48. The molecular weight excluding hydrogens is 500 g/mol. The van der Waals surface area contributed by atoms with Crippen molar-refractivity contribution in [3.63, 3.8) is 0 Å². The molecule has 3 aromatic heterocycles. The van der Waals surface area contributed by atoms with Gasteiger partial charge in [-0.25, -0.2) is 19.2 Å². The van der Waals surface area contributed by atoms with Crippen LogP contribution in [0.25, 0.3) is 10.7 Å². The Kier molecular flexibility index (Phi) is 6.70. The van der Waals surface area contributed by atoms with Gasteiger partial charge in [-0.05, 0) is 13.3 Å². The van der Waals surface area contributed by atoms with Crippen molar-refractivity contribution in [1.82, 2.24) is 20.3 Å². The second kappa shape index (κ2) is 9.34. The van der Waals surface area contributed by atoms with E-state index in [9.17, 15) is 14.0 Å². The molecule has 0 saturated carbocycles. The van der Waals surface area contributed by atoms with Crippen molar-refractivity contribution >= 4 is 62.9 Å². The van der Waals surface area contributed by atoms with Crippen molar-refractivity contribution in [3.8, 4) is 10.7 Å². The molecule has 32 heavy (non-hydrogen) atoms. The second-order valence-corrected chi connectivity index (χ2v) is 9.71. The molecule has 3 aromatic rings. The van der Waals surface area contributed by atoms with Gasteiger partial charge in [-0.1, -0.05) is 34.5 Å². The van der Waals surface area contributed by atoms with Gasteiger partial charge in [0.1, 0.15) is 27.4 Å². The van der Waals surface area contributed by atoms with Crippen molar-refractivity contribution in [2.24, 2.45) is 0 Å². The van der Waals surface area contributed by atoms with Gasteiger partial charge in [0.25, 0.3) is 5.91 Å². The molecule has 13 heteroatoms. The molecule has 0 unspecified atom stereocenters. The number of hydrogen-bond acceptors (Lipinski definition) is 8. The van der Waals surface area contributed by atoms with Gasteiger partial charge < -0.3 is 19.9 Å². The Morgan fingerprint density at radius 2 is 2.16 bits per heavy atom. The lowest BCUT2D eigenvalue weighted by molar-refractivity contribution is 0.0606. The van der Waals surface area contributed by atoms with Crippen LogP contribution in [0.3, 0.4) is 0 Å². The fraction of sp³-hybridized carbons (Fsp3) is 0.368. The summed E-state index contributed by atoms with van der Waals surface area (Å²) in [5.74, 6) is -1.03. The van der Waals surface area contributed by atoms with E-state index in [4.69, 9.17) is 27.9 Å². The van der Waals surface area contributed by atoms with Crippen LogP contribution in [0.1, 0.15) is 32.3 Å². The zero-order valence-electron chi connectivity index (χ0n) is 16.9. The number of aromatic amines is 1. The molecule has 0 aromatic carbocycles. The number of methoxy groups -OCH3 is 1. The molecule has 1 aliphatic rings. The van der Waals surface area contributed by atoms with Crippen LogP contribution >= 0.6 is 45.9 Å². The first kappa shape index (κ1) is 23.0. The quantitative estimate of drug-likeness (QED) is 0.488. The highest BCUT2D eigenvalue weighted by atomic mass is 35.5. The standard InChI is InChI=1S/C19H18Cl2FN5O3S2/c1-8-11(20)12(21)13(24-8)16(28)25-10-3-5-27(7-9(10)22)19-26-14(17-23-4-6-31-17)15(32-19)18(29)30-2/h4,6,9-10,24H,3,5,7H2,1-2H3,(H,25,28)/t9-,10+/m0/s1. The van der Waals surface area contributed by atoms with Crippen LogP contribution in [0.15, 0.2) is 11.6 Å². The van der Waals surface area contributed by atoms with E-state index >= 15 is 0 Å². The number of hydrogen-bond donors (Lipinski definition) is 2. The zero-order valence-corrected chi connectivity index (χ0v) is 20.1. The number of rotatable bonds is 5. The predicted molar refractivity (Wildman–Crippen MR) is 123 cm³/mol. The Morgan fingerprint density at radius 3 is 2.75 bits per heavy atom. The first-order valence-corrected chi connectivity index (χ1v) is 12.0. The smallest absolute Gasteiger partial charge is 0.350 e. The number of carbonyl (C=O) groups is 2. The van der Waals surface area contributed by atoms with Gasteiger partial charge in [-0.2, -0.15) is 0 Å². The molecular formula is C19H18Cl2FN5O3S2. The zero-order chi connectivity index (χ0) is 23.0. The summed E-state index contributed by atoms with van der Waals surface area (Å²) >= 11 is 14.6. The lowest BCUT2D eigenvalue weighted by Gasteiger charge is -2.34. The summed E-state index contributed by atoms with van der Waals surface area (Å²) in [5.41, 5.74) is 1.10. The molecule has 0 aliphatic carbocycles. The summed E-state index contributed by atoms with van der Waals surface area (Å²) in [7, 11) is 1.30. The number of alkyl halides is 1. The van der Waals surface area contributed by atoms with Crippen molar-refractivity contribution in [2.45, 2.75) is 25.6 Å². The molecule has 0 radical (unpaired) electrons. The third kappa shape index (κ3) is 4.34. The summed E-state index contributed by atoms with van der Waals surface area (Å²) in [6, 6.07) is -0.698. The van der Waals surface area contributed by atoms with Gasteiger partial charge in [-0.15, -0.1) is 11.3 Å². The molecule has 1 saturated heterocycles. The van der Waals surface area contributed by atoms with E-state index in [2.05, 4.69) is 20.3 Å². The number of anilines is 1. The van der Waals surface area contributed by atoms with Gasteiger partial charge in [-0.3, -0.25) is 4.79 Å². The third-order valence-electron chi connectivity index (χ3n) is 5.03. The van der Waals surface area contributed by atoms with E-state index in [0.29, 0.717) is 39.4 Å². The number of thiazole rings is 2. The van der Waals surface area contributed by atoms with E-state index < -0.39 is 24.1 Å². The molecule has 170 valence electrons. The lowest BCUT2D eigenvalue weighted by atomic mass is 10.0. The maximum atomic E-state index is 15.0. The third-order valence-corrected chi connectivity index (χ3v) is 7.85. The molecule has 0 bridgehead atoms. The highest BCUT2D eigenvalue weighted by molar-refractivity contribution is 7.18. The Morgan fingerprint density at radius 1 is 1.38 bits per heavy atom. The number of ether oxygens (including phenoxy) is 1. The molecule has 4 heterocycles. The highest BCUT2D eigenvalue weighted by Gasteiger charge is 2.34. The fourth-order valence-corrected chi connectivity index (χ4v) is 5.50. The Labute approximate surface area is 200 Å². The number of halogens is 3. The summed E-state index contributed by atoms with van der Waals surface area (Å²) in [5, 5.41) is 5.94. The molecule has 4 rings (SSSR count). The fourth-order valence-electron chi connectivity index (χ4n) is 3.37. The predicted octanol–water partition coefficient (Wildman–Crippen LogP) is 4.34. The Bertz CT molecular complexity index is 1150. The number of aromatic nitrogens is 3. The van der Waals surface area contributed by atoms with E-state index in [0.717, 1.165) is 11.3 Å². The molecule has 1 fully saturated rings. The largest absolute Gasteiger partial charge is 0.465 e. The minimum absolute atomic E-state index is 0.00856. The van der Waals surface area contributed by atoms with Crippen molar-refractivity contribution in [3.05, 3.63) is 37.9 Å². The molecule has 2 N–H and O–H groups in total. The van der Waals surface area contributed by atoms with Crippen LogP contribution in [0, 0.1) is 6.92 Å². The van der Waals surface area contributed by atoms with E-state index in [1.165, 1.54) is 18.4 Å². The Hall–Kier alpha value is -2.21. The normalized spacial score (nSPS) is 18.6. The molecule has 2 atom stereocenters. The number of H-pyrrole nitrogens is 1. The van der Waals surface area contributed by atoms with Gasteiger partial charge in [0, 0.05) is 23.8 Å². The summed E-state index contributed by atoms with van der Waals surface area (Å²) in [6.07, 6.45) is 0.612. The van der Waals surface area contributed by atoms with Gasteiger partial charge in [0.15, 0.2) is 5.13 Å². The van der Waals surface area contributed by atoms with Crippen LogP contribution in [-0.4, -0.2) is 59.2 Å². The topological polar surface area (TPSA) is 100 Å². The summed E-state index contributed by atoms with van der Waals surface area (Å²) < 4.78 is 19.9. The number of amides is 1. The van der Waals surface area contributed by atoms with Crippen LogP contribution in [-0.2, 0) is 4.74 Å². The summed E-state index contributed by atoms with van der Waals surface area (Å²) in [6.45, 7) is 2.14. The highest BCUT2D eigenvalue weighted by Crippen LogP contribution is 2.36. The second-order valence-electron chi connectivity index (χ2n) is 7.09. The average Bonchev–Trinajstić information content (AvgIpc) is 3.51. The minimum atomic E-state index is -1.35. The van der Waals surface area contributed by atoms with Crippen LogP contribution < -0.4 is 10.2 Å². The van der Waals surface area contributed by atoms with Crippen molar-refractivity contribution in [2.75, 3.05) is 25.1 Å². The van der Waals surface area contributed by atoms with Crippen LogP contribution in [0.4, 0.5) is 9.52 Å². The van der Waals surface area contributed by atoms with Crippen LogP contribution in [0.5, 0.6) is 0 Å². The van der Waals surface area contributed by atoms with Gasteiger partial charge >= 0.3 is 5.97 Å². The average molecular weight is 518 g/mol. The maximum Gasteiger partial charge on any atom is 0.350 e.